The Bertz CT molecular complexity index is 1090. The van der Waals surface area contributed by atoms with Crippen LogP contribution < -0.4 is 19.1 Å². The number of rotatable bonds is 10. The molecule has 9 nitrogen and oxygen atoms in total. The van der Waals surface area contributed by atoms with Crippen molar-refractivity contribution in [2.24, 2.45) is 0 Å². The highest BCUT2D eigenvalue weighted by molar-refractivity contribution is 7.92. The van der Waals surface area contributed by atoms with Gasteiger partial charge in [-0.2, -0.15) is 0 Å². The minimum atomic E-state index is -3.80. The highest BCUT2D eigenvalue weighted by Gasteiger charge is 2.31. The van der Waals surface area contributed by atoms with E-state index in [9.17, 15) is 13.2 Å². The third kappa shape index (κ3) is 6.62. The summed E-state index contributed by atoms with van der Waals surface area (Å²) in [4.78, 5) is 15.4. The number of hydrogen-bond donors (Lipinski definition) is 1. The van der Waals surface area contributed by atoms with Crippen LogP contribution in [0.1, 0.15) is 18.1 Å². The number of methoxy groups -OCH3 is 2. The summed E-state index contributed by atoms with van der Waals surface area (Å²) in [6.07, 6.45) is 1.06. The van der Waals surface area contributed by atoms with E-state index in [1.54, 1.807) is 25.1 Å². The number of carbonyl (C=O) groups is 1. The standard InChI is InChI=1S/C24H33N3O6S/c1-18(27(34(4,29)30)22-15-21(31-2)8-9-23(22)32-3)24(28)25-16-19-6-5-7-20(14-19)17-26-10-12-33-13-11-26/h5-9,14-15,18H,10-13,16-17H2,1-4H3,(H,25,28). The van der Waals surface area contributed by atoms with E-state index in [-0.39, 0.29) is 12.2 Å². The zero-order valence-corrected chi connectivity index (χ0v) is 20.9. The second kappa shape index (κ2) is 11.5. The number of benzene rings is 2. The van der Waals surface area contributed by atoms with Crippen molar-refractivity contribution in [2.75, 3.05) is 51.1 Å². The second-order valence-electron chi connectivity index (χ2n) is 8.20. The SMILES string of the molecule is COc1ccc(OC)c(N(C(C)C(=O)NCc2cccc(CN3CCOCC3)c2)S(C)(=O)=O)c1. The van der Waals surface area contributed by atoms with Crippen LogP contribution >= 0.6 is 0 Å². The molecule has 0 aromatic heterocycles. The Morgan fingerprint density at radius 3 is 2.47 bits per heavy atom. The van der Waals surface area contributed by atoms with Gasteiger partial charge in [0.15, 0.2) is 0 Å². The van der Waals surface area contributed by atoms with Gasteiger partial charge in [-0.3, -0.25) is 14.0 Å². The predicted molar refractivity (Wildman–Crippen MR) is 131 cm³/mol. The number of nitrogens with zero attached hydrogens (tertiary/aromatic N) is 2. The maximum absolute atomic E-state index is 13.0. The fraction of sp³-hybridized carbons (Fsp3) is 0.458. The Morgan fingerprint density at radius 2 is 1.82 bits per heavy atom. The molecule has 186 valence electrons. The molecule has 1 amide bonds. The molecule has 1 aliphatic rings. The Hall–Kier alpha value is -2.82. The number of hydrogen-bond acceptors (Lipinski definition) is 7. The molecule has 0 bridgehead atoms. The predicted octanol–water partition coefficient (Wildman–Crippen LogP) is 2.01. The van der Waals surface area contributed by atoms with Crippen molar-refractivity contribution >= 4 is 21.6 Å². The number of carbonyl (C=O) groups excluding carboxylic acids is 1. The van der Waals surface area contributed by atoms with E-state index >= 15 is 0 Å². The lowest BCUT2D eigenvalue weighted by molar-refractivity contribution is -0.122. The van der Waals surface area contributed by atoms with E-state index in [0.717, 1.165) is 54.5 Å². The normalized spacial score (nSPS) is 15.4. The van der Waals surface area contributed by atoms with E-state index in [1.807, 2.05) is 12.1 Å². The number of amides is 1. The van der Waals surface area contributed by atoms with Crippen molar-refractivity contribution in [2.45, 2.75) is 26.1 Å². The third-order valence-corrected chi connectivity index (χ3v) is 6.91. The van der Waals surface area contributed by atoms with Crippen LogP contribution in [0.25, 0.3) is 0 Å². The average molecular weight is 492 g/mol. The Kier molecular flexibility index (Phi) is 8.76. The van der Waals surface area contributed by atoms with E-state index in [4.69, 9.17) is 14.2 Å². The first-order valence-corrected chi connectivity index (χ1v) is 12.9. The first-order chi connectivity index (χ1) is 16.2. The molecule has 1 heterocycles. The van der Waals surface area contributed by atoms with Crippen LogP contribution in [0.3, 0.4) is 0 Å². The summed E-state index contributed by atoms with van der Waals surface area (Å²) in [5, 5.41) is 2.87. The summed E-state index contributed by atoms with van der Waals surface area (Å²) in [6.45, 7) is 5.92. The lowest BCUT2D eigenvalue weighted by Gasteiger charge is -2.29. The average Bonchev–Trinajstić information content (AvgIpc) is 2.82. The molecule has 0 radical (unpaired) electrons. The number of ether oxygens (including phenoxy) is 3. The second-order valence-corrected chi connectivity index (χ2v) is 10.1. The summed E-state index contributed by atoms with van der Waals surface area (Å²) in [6, 6.07) is 11.8. The maximum Gasteiger partial charge on any atom is 0.243 e. The molecule has 34 heavy (non-hydrogen) atoms. The van der Waals surface area contributed by atoms with Crippen molar-refractivity contribution in [3.63, 3.8) is 0 Å². The first kappa shape index (κ1) is 25.8. The van der Waals surface area contributed by atoms with Crippen molar-refractivity contribution in [3.05, 3.63) is 53.6 Å². The highest BCUT2D eigenvalue weighted by Crippen LogP contribution is 2.35. The molecule has 0 saturated carbocycles. The van der Waals surface area contributed by atoms with E-state index < -0.39 is 22.0 Å². The van der Waals surface area contributed by atoms with Gasteiger partial charge >= 0.3 is 0 Å². The molecule has 1 N–H and O–H groups in total. The monoisotopic (exact) mass is 491 g/mol. The fourth-order valence-electron chi connectivity index (χ4n) is 3.94. The molecule has 1 atom stereocenters. The zero-order valence-electron chi connectivity index (χ0n) is 20.1. The Morgan fingerprint density at radius 1 is 1.12 bits per heavy atom. The Balaban J connectivity index is 1.73. The number of sulfonamides is 1. The molecule has 2 aromatic rings. The molecule has 10 heteroatoms. The van der Waals surface area contributed by atoms with Gasteiger partial charge in [0.2, 0.25) is 15.9 Å². The first-order valence-electron chi connectivity index (χ1n) is 11.1. The van der Waals surface area contributed by atoms with Gasteiger partial charge in [-0.05, 0) is 30.2 Å². The van der Waals surface area contributed by atoms with Gasteiger partial charge in [0, 0.05) is 32.2 Å². The van der Waals surface area contributed by atoms with Crippen LogP contribution in [0.15, 0.2) is 42.5 Å². The molecule has 2 aromatic carbocycles. The van der Waals surface area contributed by atoms with Crippen molar-refractivity contribution < 1.29 is 27.4 Å². The molecular formula is C24H33N3O6S. The molecule has 3 rings (SSSR count). The maximum atomic E-state index is 13.0. The quantitative estimate of drug-likeness (QED) is 0.543. The van der Waals surface area contributed by atoms with E-state index in [1.165, 1.54) is 14.2 Å². The molecular weight excluding hydrogens is 458 g/mol. The highest BCUT2D eigenvalue weighted by atomic mass is 32.2. The van der Waals surface area contributed by atoms with Crippen LogP contribution in [0.4, 0.5) is 5.69 Å². The fourth-order valence-corrected chi connectivity index (χ4v) is 5.11. The molecule has 1 fully saturated rings. The van der Waals surface area contributed by atoms with Gasteiger partial charge in [-0.1, -0.05) is 24.3 Å². The van der Waals surface area contributed by atoms with E-state index in [2.05, 4.69) is 22.3 Å². The van der Waals surface area contributed by atoms with Gasteiger partial charge in [-0.25, -0.2) is 8.42 Å². The van der Waals surface area contributed by atoms with Crippen molar-refractivity contribution in [1.82, 2.24) is 10.2 Å². The van der Waals surface area contributed by atoms with Gasteiger partial charge in [0.25, 0.3) is 0 Å². The van der Waals surface area contributed by atoms with Gasteiger partial charge in [-0.15, -0.1) is 0 Å². The lowest BCUT2D eigenvalue weighted by atomic mass is 10.1. The number of anilines is 1. The van der Waals surface area contributed by atoms with Crippen LogP contribution in [-0.2, 0) is 32.6 Å². The lowest BCUT2D eigenvalue weighted by Crippen LogP contribution is -2.47. The summed E-state index contributed by atoms with van der Waals surface area (Å²) in [7, 11) is -0.874. The summed E-state index contributed by atoms with van der Waals surface area (Å²) in [5.41, 5.74) is 2.33. The van der Waals surface area contributed by atoms with Crippen LogP contribution in [0.5, 0.6) is 11.5 Å². The van der Waals surface area contributed by atoms with Crippen molar-refractivity contribution in [3.8, 4) is 11.5 Å². The Labute approximate surface area is 201 Å². The van der Waals surface area contributed by atoms with Crippen LogP contribution in [0.2, 0.25) is 0 Å². The topological polar surface area (TPSA) is 97.4 Å². The van der Waals surface area contributed by atoms with Gasteiger partial charge < -0.3 is 19.5 Å². The zero-order chi connectivity index (χ0) is 24.7. The molecule has 0 aliphatic carbocycles. The molecule has 1 saturated heterocycles. The third-order valence-electron chi connectivity index (χ3n) is 5.68. The molecule has 1 aliphatic heterocycles. The van der Waals surface area contributed by atoms with Crippen LogP contribution in [0, 0.1) is 0 Å². The molecule has 1 unspecified atom stereocenters. The minimum absolute atomic E-state index is 0.236. The summed E-state index contributed by atoms with van der Waals surface area (Å²) >= 11 is 0. The minimum Gasteiger partial charge on any atom is -0.497 e. The smallest absolute Gasteiger partial charge is 0.243 e. The van der Waals surface area contributed by atoms with Gasteiger partial charge in [0.1, 0.15) is 17.5 Å². The van der Waals surface area contributed by atoms with E-state index in [0.29, 0.717) is 11.5 Å². The number of morpholine rings is 1. The van der Waals surface area contributed by atoms with Crippen LogP contribution in [-0.4, -0.2) is 72.0 Å². The van der Waals surface area contributed by atoms with Crippen molar-refractivity contribution in [1.29, 1.82) is 0 Å². The summed E-state index contributed by atoms with van der Waals surface area (Å²) in [5.74, 6) is 0.352. The molecule has 0 spiro atoms. The van der Waals surface area contributed by atoms with Gasteiger partial charge in [0.05, 0.1) is 39.4 Å². The summed E-state index contributed by atoms with van der Waals surface area (Å²) < 4.78 is 42.4. The largest absolute Gasteiger partial charge is 0.497 e. The number of nitrogens with one attached hydrogen (secondary N) is 1.